The Hall–Kier alpha value is -0.0400. The minimum atomic E-state index is 0.355. The second kappa shape index (κ2) is 3.02. The number of rotatable bonds is 2. The van der Waals surface area contributed by atoms with E-state index in [0.717, 1.165) is 5.92 Å². The molecule has 2 unspecified atom stereocenters. The van der Waals surface area contributed by atoms with E-state index in [0.29, 0.717) is 11.0 Å². The lowest BCUT2D eigenvalue weighted by Gasteiger charge is -2.41. The van der Waals surface area contributed by atoms with Crippen molar-refractivity contribution in [3.05, 3.63) is 0 Å². The zero-order chi connectivity index (χ0) is 9.41. The molecule has 0 spiro atoms. The maximum Gasteiger partial charge on any atom is 0.0204 e. The SMILES string of the molecule is CCC1CCC(C)(NC)C1(C)C. The summed E-state index contributed by atoms with van der Waals surface area (Å²) in [5.41, 5.74) is 0.810. The Kier molecular flexibility index (Phi) is 2.53. The van der Waals surface area contributed by atoms with Gasteiger partial charge in [0.1, 0.15) is 0 Å². The fraction of sp³-hybridized carbons (Fsp3) is 1.00. The maximum atomic E-state index is 3.49. The van der Waals surface area contributed by atoms with Crippen LogP contribution in [0.25, 0.3) is 0 Å². The quantitative estimate of drug-likeness (QED) is 0.670. The van der Waals surface area contributed by atoms with Crippen LogP contribution in [0, 0.1) is 11.3 Å². The molecule has 0 aromatic heterocycles. The molecule has 2 atom stereocenters. The molecular weight excluding hydrogens is 146 g/mol. The van der Waals surface area contributed by atoms with Gasteiger partial charge in [0, 0.05) is 5.54 Å². The first-order valence-corrected chi connectivity index (χ1v) is 5.17. The Balaban J connectivity index is 2.84. The van der Waals surface area contributed by atoms with Crippen molar-refractivity contribution in [2.45, 2.75) is 52.5 Å². The van der Waals surface area contributed by atoms with Crippen molar-refractivity contribution < 1.29 is 0 Å². The largest absolute Gasteiger partial charge is 0.314 e. The van der Waals surface area contributed by atoms with E-state index in [4.69, 9.17) is 0 Å². The smallest absolute Gasteiger partial charge is 0.0204 e. The molecule has 1 saturated carbocycles. The van der Waals surface area contributed by atoms with Gasteiger partial charge in [-0.2, -0.15) is 0 Å². The van der Waals surface area contributed by atoms with Crippen molar-refractivity contribution in [2.75, 3.05) is 7.05 Å². The van der Waals surface area contributed by atoms with Gasteiger partial charge < -0.3 is 5.32 Å². The Labute approximate surface area is 76.9 Å². The Bertz CT molecular complexity index is 162. The Morgan fingerprint density at radius 2 is 1.92 bits per heavy atom. The molecule has 1 heteroatoms. The fourth-order valence-corrected chi connectivity index (χ4v) is 2.76. The van der Waals surface area contributed by atoms with E-state index in [2.05, 4.69) is 40.1 Å². The monoisotopic (exact) mass is 169 g/mol. The first-order chi connectivity index (χ1) is 5.48. The predicted octanol–water partition coefficient (Wildman–Crippen LogP) is 2.81. The minimum absolute atomic E-state index is 0.355. The number of hydrogen-bond acceptors (Lipinski definition) is 1. The second-order valence-corrected chi connectivity index (χ2v) is 4.95. The van der Waals surface area contributed by atoms with E-state index >= 15 is 0 Å². The molecule has 1 rings (SSSR count). The van der Waals surface area contributed by atoms with E-state index in [1.54, 1.807) is 0 Å². The van der Waals surface area contributed by atoms with Gasteiger partial charge >= 0.3 is 0 Å². The zero-order valence-corrected chi connectivity index (χ0v) is 9.20. The highest BCUT2D eigenvalue weighted by Crippen LogP contribution is 2.50. The Morgan fingerprint density at radius 3 is 2.17 bits per heavy atom. The van der Waals surface area contributed by atoms with Crippen molar-refractivity contribution in [1.82, 2.24) is 5.32 Å². The highest BCUT2D eigenvalue weighted by Gasteiger charge is 2.49. The van der Waals surface area contributed by atoms with Crippen molar-refractivity contribution in [1.29, 1.82) is 0 Å². The van der Waals surface area contributed by atoms with Crippen LogP contribution in [0.15, 0.2) is 0 Å². The Morgan fingerprint density at radius 1 is 1.33 bits per heavy atom. The summed E-state index contributed by atoms with van der Waals surface area (Å²) in [4.78, 5) is 0. The van der Waals surface area contributed by atoms with Crippen LogP contribution >= 0.6 is 0 Å². The lowest BCUT2D eigenvalue weighted by Crippen LogP contribution is -2.50. The number of hydrogen-bond donors (Lipinski definition) is 1. The third-order valence-electron chi connectivity index (χ3n) is 4.48. The van der Waals surface area contributed by atoms with E-state index in [1.165, 1.54) is 19.3 Å². The zero-order valence-electron chi connectivity index (χ0n) is 9.20. The molecule has 0 aliphatic heterocycles. The van der Waals surface area contributed by atoms with Gasteiger partial charge in [0.15, 0.2) is 0 Å². The van der Waals surface area contributed by atoms with E-state index in [-0.39, 0.29) is 0 Å². The van der Waals surface area contributed by atoms with Crippen LogP contribution in [-0.4, -0.2) is 12.6 Å². The molecule has 12 heavy (non-hydrogen) atoms. The van der Waals surface area contributed by atoms with Crippen LogP contribution in [0.3, 0.4) is 0 Å². The van der Waals surface area contributed by atoms with Crippen LogP contribution in [0.5, 0.6) is 0 Å². The second-order valence-electron chi connectivity index (χ2n) is 4.95. The molecule has 72 valence electrons. The summed E-state index contributed by atoms with van der Waals surface area (Å²) >= 11 is 0. The summed E-state index contributed by atoms with van der Waals surface area (Å²) in [5, 5.41) is 3.49. The highest BCUT2D eigenvalue weighted by atomic mass is 15.0. The van der Waals surface area contributed by atoms with Gasteiger partial charge in [-0.15, -0.1) is 0 Å². The van der Waals surface area contributed by atoms with Gasteiger partial charge in [-0.05, 0) is 38.1 Å². The molecule has 0 heterocycles. The van der Waals surface area contributed by atoms with Gasteiger partial charge in [-0.25, -0.2) is 0 Å². The summed E-state index contributed by atoms with van der Waals surface area (Å²) in [6, 6.07) is 0. The van der Waals surface area contributed by atoms with Crippen molar-refractivity contribution >= 4 is 0 Å². The topological polar surface area (TPSA) is 12.0 Å². The summed E-state index contributed by atoms with van der Waals surface area (Å²) < 4.78 is 0. The molecule has 0 aromatic rings. The molecule has 1 aliphatic carbocycles. The molecule has 1 fully saturated rings. The first-order valence-electron chi connectivity index (χ1n) is 5.17. The van der Waals surface area contributed by atoms with Gasteiger partial charge in [-0.3, -0.25) is 0 Å². The highest BCUT2D eigenvalue weighted by molar-refractivity contribution is 5.04. The number of nitrogens with one attached hydrogen (secondary N) is 1. The molecule has 1 N–H and O–H groups in total. The minimum Gasteiger partial charge on any atom is -0.314 e. The third kappa shape index (κ3) is 1.19. The summed E-state index contributed by atoms with van der Waals surface area (Å²) in [6.07, 6.45) is 4.04. The van der Waals surface area contributed by atoms with Gasteiger partial charge in [0.25, 0.3) is 0 Å². The molecule has 0 aromatic carbocycles. The van der Waals surface area contributed by atoms with Crippen molar-refractivity contribution in [3.63, 3.8) is 0 Å². The van der Waals surface area contributed by atoms with Crippen LogP contribution in [0.1, 0.15) is 47.0 Å². The van der Waals surface area contributed by atoms with Gasteiger partial charge in [0.2, 0.25) is 0 Å². The molecule has 0 amide bonds. The molecule has 0 saturated heterocycles. The van der Waals surface area contributed by atoms with E-state index in [9.17, 15) is 0 Å². The molecule has 0 radical (unpaired) electrons. The van der Waals surface area contributed by atoms with E-state index in [1.807, 2.05) is 0 Å². The van der Waals surface area contributed by atoms with Crippen molar-refractivity contribution in [2.24, 2.45) is 11.3 Å². The van der Waals surface area contributed by atoms with Crippen LogP contribution < -0.4 is 5.32 Å². The lowest BCUT2D eigenvalue weighted by molar-refractivity contribution is 0.134. The van der Waals surface area contributed by atoms with Gasteiger partial charge in [-0.1, -0.05) is 27.2 Å². The predicted molar refractivity (Wildman–Crippen MR) is 54.3 cm³/mol. The van der Waals surface area contributed by atoms with Crippen LogP contribution in [0.4, 0.5) is 0 Å². The summed E-state index contributed by atoms with van der Waals surface area (Å²) in [6.45, 7) is 9.49. The summed E-state index contributed by atoms with van der Waals surface area (Å²) in [5.74, 6) is 0.898. The summed E-state index contributed by atoms with van der Waals surface area (Å²) in [7, 11) is 2.10. The third-order valence-corrected chi connectivity index (χ3v) is 4.48. The average molecular weight is 169 g/mol. The molecular formula is C11H23N. The molecule has 0 bridgehead atoms. The van der Waals surface area contributed by atoms with Crippen molar-refractivity contribution in [3.8, 4) is 0 Å². The average Bonchev–Trinajstić information content (AvgIpc) is 2.25. The van der Waals surface area contributed by atoms with Crippen LogP contribution in [-0.2, 0) is 0 Å². The van der Waals surface area contributed by atoms with Gasteiger partial charge in [0.05, 0.1) is 0 Å². The fourth-order valence-electron chi connectivity index (χ4n) is 2.76. The normalized spacial score (nSPS) is 40.2. The molecule has 1 aliphatic rings. The van der Waals surface area contributed by atoms with E-state index < -0.39 is 0 Å². The lowest BCUT2D eigenvalue weighted by atomic mass is 9.70. The first kappa shape index (κ1) is 10.0. The standard InChI is InChI=1S/C11H23N/c1-6-9-7-8-11(4,12-5)10(9,2)3/h9,12H,6-8H2,1-5H3. The maximum absolute atomic E-state index is 3.49. The van der Waals surface area contributed by atoms with Crippen LogP contribution in [0.2, 0.25) is 0 Å². The molecule has 1 nitrogen and oxygen atoms in total.